The van der Waals surface area contributed by atoms with Crippen molar-refractivity contribution in [3.8, 4) is 6.07 Å². The molecule has 1 saturated heterocycles. The van der Waals surface area contributed by atoms with Gasteiger partial charge >= 0.3 is 0 Å². The average Bonchev–Trinajstić information content (AvgIpc) is 2.55. The second kappa shape index (κ2) is 7.36. The van der Waals surface area contributed by atoms with Gasteiger partial charge in [-0.15, -0.1) is 0 Å². The fourth-order valence-electron chi connectivity index (χ4n) is 2.63. The lowest BCUT2D eigenvalue weighted by atomic mass is 10.2. The Labute approximate surface area is 136 Å². The van der Waals surface area contributed by atoms with Crippen molar-refractivity contribution in [1.82, 2.24) is 9.21 Å². The summed E-state index contributed by atoms with van der Waals surface area (Å²) < 4.78 is 45.1. The summed E-state index contributed by atoms with van der Waals surface area (Å²) in [6.07, 6.45) is 0. The van der Waals surface area contributed by atoms with Gasteiger partial charge in [-0.05, 0) is 25.1 Å². The zero-order valence-electron chi connectivity index (χ0n) is 13.2. The standard InChI is InChI=1S/C15H20FN3O3S/c1-12(11-22-2)18-5-7-19(8-6-18)23(20,21)14-3-4-15(16)13(9-14)10-17/h3-4,9,12H,5-8,11H2,1-2H3/t12-/m1/s1. The Bertz CT molecular complexity index is 694. The van der Waals surface area contributed by atoms with Crippen LogP contribution in [-0.4, -0.2) is 63.6 Å². The first-order valence-corrected chi connectivity index (χ1v) is 8.77. The Morgan fingerprint density at radius 3 is 2.57 bits per heavy atom. The van der Waals surface area contributed by atoms with Crippen molar-refractivity contribution in [3.63, 3.8) is 0 Å². The van der Waals surface area contributed by atoms with Crippen LogP contribution >= 0.6 is 0 Å². The number of sulfonamides is 1. The maximum Gasteiger partial charge on any atom is 0.243 e. The first-order chi connectivity index (χ1) is 10.9. The summed E-state index contributed by atoms with van der Waals surface area (Å²) in [5, 5.41) is 8.85. The molecule has 1 atom stereocenters. The van der Waals surface area contributed by atoms with Crippen LogP contribution in [0.3, 0.4) is 0 Å². The first-order valence-electron chi connectivity index (χ1n) is 7.33. The van der Waals surface area contributed by atoms with Crippen molar-refractivity contribution >= 4 is 10.0 Å². The van der Waals surface area contributed by atoms with Crippen LogP contribution in [0.2, 0.25) is 0 Å². The lowest BCUT2D eigenvalue weighted by molar-refractivity contribution is 0.0766. The molecule has 126 valence electrons. The Morgan fingerprint density at radius 2 is 2.00 bits per heavy atom. The molecule has 2 rings (SSSR count). The number of piperazine rings is 1. The van der Waals surface area contributed by atoms with Gasteiger partial charge in [0, 0.05) is 39.3 Å². The first kappa shape index (κ1) is 17.8. The number of rotatable bonds is 5. The van der Waals surface area contributed by atoms with Gasteiger partial charge in [-0.25, -0.2) is 12.8 Å². The van der Waals surface area contributed by atoms with E-state index in [9.17, 15) is 12.8 Å². The van der Waals surface area contributed by atoms with E-state index in [0.29, 0.717) is 32.8 Å². The molecule has 1 aromatic carbocycles. The highest BCUT2D eigenvalue weighted by Gasteiger charge is 2.30. The van der Waals surface area contributed by atoms with Crippen molar-refractivity contribution in [2.24, 2.45) is 0 Å². The minimum Gasteiger partial charge on any atom is -0.383 e. The van der Waals surface area contributed by atoms with Crippen molar-refractivity contribution in [3.05, 3.63) is 29.6 Å². The lowest BCUT2D eigenvalue weighted by Gasteiger charge is -2.37. The van der Waals surface area contributed by atoms with E-state index in [2.05, 4.69) is 4.90 Å². The van der Waals surface area contributed by atoms with Gasteiger partial charge in [0.25, 0.3) is 0 Å². The minimum absolute atomic E-state index is 0.0474. The highest BCUT2D eigenvalue weighted by atomic mass is 32.2. The molecule has 1 fully saturated rings. The van der Waals surface area contributed by atoms with Gasteiger partial charge in [-0.3, -0.25) is 4.90 Å². The van der Waals surface area contributed by atoms with Crippen LogP contribution < -0.4 is 0 Å². The van der Waals surface area contributed by atoms with Crippen LogP contribution in [0.5, 0.6) is 0 Å². The Kier molecular flexibility index (Phi) is 5.70. The molecular weight excluding hydrogens is 321 g/mol. The van der Waals surface area contributed by atoms with E-state index >= 15 is 0 Å². The van der Waals surface area contributed by atoms with Crippen LogP contribution in [0.4, 0.5) is 4.39 Å². The molecule has 0 N–H and O–H groups in total. The number of hydrogen-bond donors (Lipinski definition) is 0. The van der Waals surface area contributed by atoms with Gasteiger partial charge in [-0.2, -0.15) is 9.57 Å². The van der Waals surface area contributed by atoms with Crippen LogP contribution in [0.1, 0.15) is 12.5 Å². The highest BCUT2D eigenvalue weighted by molar-refractivity contribution is 7.89. The Morgan fingerprint density at radius 1 is 1.35 bits per heavy atom. The molecule has 0 unspecified atom stereocenters. The molecule has 1 aromatic rings. The second-order valence-electron chi connectivity index (χ2n) is 5.50. The highest BCUT2D eigenvalue weighted by Crippen LogP contribution is 2.20. The molecule has 0 bridgehead atoms. The molecule has 1 heterocycles. The molecule has 0 spiro atoms. The fourth-order valence-corrected chi connectivity index (χ4v) is 4.08. The zero-order valence-corrected chi connectivity index (χ0v) is 14.0. The molecule has 0 amide bonds. The molecule has 0 aliphatic carbocycles. The number of nitriles is 1. The van der Waals surface area contributed by atoms with E-state index in [0.717, 1.165) is 12.1 Å². The third-order valence-corrected chi connectivity index (χ3v) is 5.90. The van der Waals surface area contributed by atoms with Gasteiger partial charge in [0.05, 0.1) is 17.1 Å². The topological polar surface area (TPSA) is 73.6 Å². The second-order valence-corrected chi connectivity index (χ2v) is 7.44. The third kappa shape index (κ3) is 3.87. The van der Waals surface area contributed by atoms with Crippen molar-refractivity contribution in [2.45, 2.75) is 17.9 Å². The summed E-state index contributed by atoms with van der Waals surface area (Å²) in [7, 11) is -2.08. The van der Waals surface area contributed by atoms with Gasteiger partial charge in [0.2, 0.25) is 10.0 Å². The molecule has 1 aliphatic heterocycles. The van der Waals surface area contributed by atoms with Crippen LogP contribution in [0, 0.1) is 17.1 Å². The summed E-state index contributed by atoms with van der Waals surface area (Å²) in [6.45, 7) is 4.56. The number of halogens is 1. The van der Waals surface area contributed by atoms with Crippen LogP contribution in [0.25, 0.3) is 0 Å². The average molecular weight is 341 g/mol. The number of hydrogen-bond acceptors (Lipinski definition) is 5. The van der Waals surface area contributed by atoms with E-state index in [1.807, 2.05) is 6.92 Å². The van der Waals surface area contributed by atoms with E-state index in [-0.39, 0.29) is 16.5 Å². The van der Waals surface area contributed by atoms with Crippen molar-refractivity contribution < 1.29 is 17.5 Å². The smallest absolute Gasteiger partial charge is 0.243 e. The van der Waals surface area contributed by atoms with E-state index < -0.39 is 15.8 Å². The van der Waals surface area contributed by atoms with Crippen molar-refractivity contribution in [2.75, 3.05) is 39.9 Å². The minimum atomic E-state index is -3.72. The normalized spacial score (nSPS) is 18.5. The molecule has 0 aromatic heterocycles. The van der Waals surface area contributed by atoms with E-state index in [4.69, 9.17) is 10.00 Å². The van der Waals surface area contributed by atoms with Gasteiger partial charge in [0.15, 0.2) is 0 Å². The summed E-state index contributed by atoms with van der Waals surface area (Å²) in [6, 6.07) is 5.19. The largest absolute Gasteiger partial charge is 0.383 e. The predicted molar refractivity (Wildman–Crippen MR) is 82.8 cm³/mol. The molecule has 1 aliphatic rings. The van der Waals surface area contributed by atoms with Gasteiger partial charge < -0.3 is 4.74 Å². The van der Waals surface area contributed by atoms with Crippen LogP contribution in [-0.2, 0) is 14.8 Å². The van der Waals surface area contributed by atoms with E-state index in [1.165, 1.54) is 10.4 Å². The molecule has 6 nitrogen and oxygen atoms in total. The molecule has 0 saturated carbocycles. The molecule has 8 heteroatoms. The summed E-state index contributed by atoms with van der Waals surface area (Å²) in [5.74, 6) is -0.718. The molecule has 0 radical (unpaired) electrons. The molecule has 23 heavy (non-hydrogen) atoms. The summed E-state index contributed by atoms with van der Waals surface area (Å²) in [5.41, 5.74) is -0.265. The Hall–Kier alpha value is -1.53. The maximum absolute atomic E-state index is 13.4. The third-order valence-electron chi connectivity index (χ3n) is 4.00. The quantitative estimate of drug-likeness (QED) is 0.800. The number of methoxy groups -OCH3 is 1. The Balaban J connectivity index is 2.12. The zero-order chi connectivity index (χ0) is 17.0. The summed E-state index contributed by atoms with van der Waals surface area (Å²) >= 11 is 0. The van der Waals surface area contributed by atoms with Crippen molar-refractivity contribution in [1.29, 1.82) is 5.26 Å². The van der Waals surface area contributed by atoms with E-state index in [1.54, 1.807) is 13.2 Å². The summed E-state index contributed by atoms with van der Waals surface area (Å²) in [4.78, 5) is 2.12. The van der Waals surface area contributed by atoms with Gasteiger partial charge in [0.1, 0.15) is 11.9 Å². The monoisotopic (exact) mass is 341 g/mol. The molecular formula is C15H20FN3O3S. The fraction of sp³-hybridized carbons (Fsp3) is 0.533. The number of nitrogens with zero attached hydrogens (tertiary/aromatic N) is 3. The number of benzene rings is 1. The lowest BCUT2D eigenvalue weighted by Crippen LogP contribution is -2.52. The number of ether oxygens (including phenoxy) is 1. The van der Waals surface area contributed by atoms with Gasteiger partial charge in [-0.1, -0.05) is 0 Å². The maximum atomic E-state index is 13.4. The predicted octanol–water partition coefficient (Wildman–Crippen LogP) is 1.04. The SMILES string of the molecule is COC[C@@H](C)N1CCN(S(=O)(=O)c2ccc(F)c(C#N)c2)CC1. The van der Waals surface area contributed by atoms with Crippen LogP contribution in [0.15, 0.2) is 23.1 Å².